The molecule has 0 unspecified atom stereocenters. The van der Waals surface area contributed by atoms with Crippen LogP contribution in [0.1, 0.15) is 13.8 Å². The van der Waals surface area contributed by atoms with Gasteiger partial charge >= 0.3 is 0 Å². The molecule has 0 fully saturated rings. The summed E-state index contributed by atoms with van der Waals surface area (Å²) in [5.41, 5.74) is 0. The van der Waals surface area contributed by atoms with Crippen LogP contribution in [0.15, 0.2) is 12.2 Å². The van der Waals surface area contributed by atoms with Crippen LogP contribution in [-0.2, 0) is 0 Å². The Kier molecular flexibility index (Phi) is 4.63. The van der Waals surface area contributed by atoms with Crippen LogP contribution in [0.4, 0.5) is 0 Å². The van der Waals surface area contributed by atoms with Crippen molar-refractivity contribution in [1.29, 1.82) is 0 Å². The van der Waals surface area contributed by atoms with Gasteiger partial charge in [0.15, 0.2) is 0 Å². The Morgan fingerprint density at radius 3 is 2.33 bits per heavy atom. The van der Waals surface area contributed by atoms with E-state index in [0.29, 0.717) is 0 Å². The van der Waals surface area contributed by atoms with E-state index in [9.17, 15) is 0 Å². The molecule has 3 heteroatoms. The minimum atomic E-state index is -1.84. The highest BCUT2D eigenvalue weighted by Gasteiger charge is 2.23. The molecular weight excluding hydrogens is 171 g/mol. The van der Waals surface area contributed by atoms with Gasteiger partial charge in [-0.25, -0.2) is 0 Å². The highest BCUT2D eigenvalue weighted by atomic mass is 35.7. The van der Waals surface area contributed by atoms with Crippen molar-refractivity contribution in [1.82, 2.24) is 0 Å². The lowest BCUT2D eigenvalue weighted by atomic mass is 10.6. The predicted octanol–water partition coefficient (Wildman–Crippen LogP) is 3.50. The molecule has 54 valence electrons. The average Bonchev–Trinajstić information content (AvgIpc) is 1.84. The molecule has 0 aliphatic heterocycles. The van der Waals surface area contributed by atoms with Crippen molar-refractivity contribution < 1.29 is 0 Å². The zero-order valence-electron chi connectivity index (χ0n) is 5.82. The SMILES string of the molecule is CC=CC[Si](Cl)(Cl)CC. The van der Waals surface area contributed by atoms with Crippen molar-refractivity contribution in [3.05, 3.63) is 12.2 Å². The van der Waals surface area contributed by atoms with E-state index in [1.54, 1.807) is 0 Å². The minimum absolute atomic E-state index is 0.878. The third-order valence-electron chi connectivity index (χ3n) is 1.17. The van der Waals surface area contributed by atoms with Gasteiger partial charge in [-0.1, -0.05) is 19.1 Å². The molecule has 0 amide bonds. The lowest BCUT2D eigenvalue weighted by molar-refractivity contribution is 1.39. The highest BCUT2D eigenvalue weighted by Crippen LogP contribution is 2.24. The van der Waals surface area contributed by atoms with Crippen molar-refractivity contribution in [3.63, 3.8) is 0 Å². The molecule has 0 N–H and O–H groups in total. The van der Waals surface area contributed by atoms with Gasteiger partial charge in [-0.05, 0) is 19.0 Å². The van der Waals surface area contributed by atoms with E-state index in [1.165, 1.54) is 0 Å². The Balaban J connectivity index is 3.58. The van der Waals surface area contributed by atoms with Crippen LogP contribution >= 0.6 is 22.2 Å². The minimum Gasteiger partial charge on any atom is -0.146 e. The molecule has 0 aromatic rings. The van der Waals surface area contributed by atoms with E-state index in [2.05, 4.69) is 0 Å². The second kappa shape index (κ2) is 4.37. The number of allylic oxidation sites excluding steroid dienone is 2. The standard InChI is InChI=1S/C6H12Cl2Si/c1-3-5-6-9(7,8)4-2/h3,5H,4,6H2,1-2H3. The molecular formula is C6H12Cl2Si. The normalized spacial score (nSPS) is 12.9. The van der Waals surface area contributed by atoms with E-state index < -0.39 is 6.69 Å². The predicted molar refractivity (Wildman–Crippen MR) is 47.6 cm³/mol. The van der Waals surface area contributed by atoms with E-state index in [0.717, 1.165) is 12.1 Å². The number of halogens is 2. The molecule has 0 saturated carbocycles. The van der Waals surface area contributed by atoms with Gasteiger partial charge in [0.1, 0.15) is 0 Å². The van der Waals surface area contributed by atoms with Gasteiger partial charge in [0.25, 0.3) is 6.69 Å². The molecule has 0 heterocycles. The molecule has 0 nitrogen and oxygen atoms in total. The fourth-order valence-corrected chi connectivity index (χ4v) is 1.84. The Labute approximate surface area is 67.3 Å². The largest absolute Gasteiger partial charge is 0.254 e. The molecule has 0 saturated heterocycles. The molecule has 0 aliphatic carbocycles. The van der Waals surface area contributed by atoms with Gasteiger partial charge in [-0.3, -0.25) is 0 Å². The summed E-state index contributed by atoms with van der Waals surface area (Å²) in [6, 6.07) is 1.81. The summed E-state index contributed by atoms with van der Waals surface area (Å²) in [5.74, 6) is 0. The fraction of sp³-hybridized carbons (Fsp3) is 0.667. The van der Waals surface area contributed by atoms with Gasteiger partial charge in [-0.15, -0.1) is 22.2 Å². The first kappa shape index (κ1) is 9.54. The van der Waals surface area contributed by atoms with Gasteiger partial charge in [-0.2, -0.15) is 0 Å². The van der Waals surface area contributed by atoms with Crippen LogP contribution < -0.4 is 0 Å². The Morgan fingerprint density at radius 2 is 2.00 bits per heavy atom. The van der Waals surface area contributed by atoms with Gasteiger partial charge < -0.3 is 0 Å². The first-order valence-corrected chi connectivity index (χ1v) is 7.55. The van der Waals surface area contributed by atoms with Crippen molar-refractivity contribution in [3.8, 4) is 0 Å². The van der Waals surface area contributed by atoms with Crippen molar-refractivity contribution in [2.24, 2.45) is 0 Å². The maximum absolute atomic E-state index is 5.95. The summed E-state index contributed by atoms with van der Waals surface area (Å²) < 4.78 is 0. The molecule has 0 aromatic carbocycles. The summed E-state index contributed by atoms with van der Waals surface area (Å²) in [5, 5.41) is 0. The van der Waals surface area contributed by atoms with Gasteiger partial charge in [0.05, 0.1) is 0 Å². The Bertz CT molecular complexity index is 99.2. The zero-order valence-corrected chi connectivity index (χ0v) is 8.34. The first-order chi connectivity index (χ1) is 4.12. The number of hydrogen-bond donors (Lipinski definition) is 0. The number of rotatable bonds is 3. The van der Waals surface area contributed by atoms with Crippen LogP contribution in [0.5, 0.6) is 0 Å². The summed E-state index contributed by atoms with van der Waals surface area (Å²) >= 11 is 11.9. The van der Waals surface area contributed by atoms with Crippen LogP contribution in [0.25, 0.3) is 0 Å². The summed E-state index contributed by atoms with van der Waals surface area (Å²) in [4.78, 5) is 0. The maximum Gasteiger partial charge on any atom is 0.254 e. The molecule has 0 radical (unpaired) electrons. The van der Waals surface area contributed by atoms with Crippen molar-refractivity contribution in [2.45, 2.75) is 25.9 Å². The van der Waals surface area contributed by atoms with E-state index in [4.69, 9.17) is 22.2 Å². The zero-order chi connectivity index (χ0) is 7.33. The van der Waals surface area contributed by atoms with E-state index >= 15 is 0 Å². The van der Waals surface area contributed by atoms with Crippen LogP contribution in [0, 0.1) is 0 Å². The second-order valence-electron chi connectivity index (χ2n) is 1.98. The lowest BCUT2D eigenvalue weighted by Crippen LogP contribution is -2.14. The molecule has 9 heavy (non-hydrogen) atoms. The maximum atomic E-state index is 5.95. The monoisotopic (exact) mass is 182 g/mol. The van der Waals surface area contributed by atoms with Crippen LogP contribution in [0.2, 0.25) is 12.1 Å². The fourth-order valence-electron chi connectivity index (χ4n) is 0.435. The summed E-state index contributed by atoms with van der Waals surface area (Å²) in [6.45, 7) is 2.18. The van der Waals surface area contributed by atoms with Crippen molar-refractivity contribution in [2.75, 3.05) is 0 Å². The highest BCUT2D eigenvalue weighted by molar-refractivity contribution is 7.45. The van der Waals surface area contributed by atoms with E-state index in [1.807, 2.05) is 26.0 Å². The molecule has 0 atom stereocenters. The van der Waals surface area contributed by atoms with Crippen LogP contribution in [0.3, 0.4) is 0 Å². The molecule has 0 aliphatic rings. The summed E-state index contributed by atoms with van der Waals surface area (Å²) in [6.07, 6.45) is 4.03. The van der Waals surface area contributed by atoms with E-state index in [-0.39, 0.29) is 0 Å². The average molecular weight is 183 g/mol. The van der Waals surface area contributed by atoms with Gasteiger partial charge in [0, 0.05) is 0 Å². The first-order valence-electron chi connectivity index (χ1n) is 3.11. The van der Waals surface area contributed by atoms with Crippen molar-refractivity contribution >= 4 is 28.9 Å². The van der Waals surface area contributed by atoms with Gasteiger partial charge in [0.2, 0.25) is 0 Å². The third kappa shape index (κ3) is 5.01. The smallest absolute Gasteiger partial charge is 0.146 e. The Morgan fingerprint density at radius 1 is 1.44 bits per heavy atom. The lowest BCUT2D eigenvalue weighted by Gasteiger charge is -2.09. The molecule has 0 rings (SSSR count). The summed E-state index contributed by atoms with van der Waals surface area (Å²) in [7, 11) is 0. The topological polar surface area (TPSA) is 0 Å². The molecule has 0 bridgehead atoms. The third-order valence-corrected chi connectivity index (χ3v) is 5.57. The molecule has 0 aromatic heterocycles. The second-order valence-corrected chi connectivity index (χ2v) is 9.73. The quantitative estimate of drug-likeness (QED) is 0.357. The number of hydrogen-bond acceptors (Lipinski definition) is 0. The molecule has 0 spiro atoms. The van der Waals surface area contributed by atoms with Crippen LogP contribution in [-0.4, -0.2) is 6.69 Å². The Hall–Kier alpha value is 0.537.